The van der Waals surface area contributed by atoms with Gasteiger partial charge in [-0.15, -0.1) is 0 Å². The lowest BCUT2D eigenvalue weighted by atomic mass is 9.76. The first-order valence-corrected chi connectivity index (χ1v) is 7.47. The normalized spacial score (nSPS) is 34.1. The summed E-state index contributed by atoms with van der Waals surface area (Å²) in [4.78, 5) is 0. The molecule has 3 atom stereocenters. The molecule has 0 aromatic rings. The first-order chi connectivity index (χ1) is 7.79. The fourth-order valence-electron chi connectivity index (χ4n) is 4.00. The summed E-state index contributed by atoms with van der Waals surface area (Å²) >= 11 is 0. The Morgan fingerprint density at radius 2 is 1.81 bits per heavy atom. The average molecular weight is 223 g/mol. The Labute approximate surface area is 101 Å². The van der Waals surface area contributed by atoms with Gasteiger partial charge in [0, 0.05) is 6.04 Å². The summed E-state index contributed by atoms with van der Waals surface area (Å²) in [6.07, 6.45) is 13.3. The number of rotatable bonds is 4. The van der Waals surface area contributed by atoms with Crippen LogP contribution in [0.1, 0.15) is 64.7 Å². The van der Waals surface area contributed by atoms with Crippen molar-refractivity contribution in [2.24, 2.45) is 17.8 Å². The quantitative estimate of drug-likeness (QED) is 0.760. The molecule has 2 aliphatic carbocycles. The Balaban J connectivity index is 1.82. The molecule has 0 saturated heterocycles. The third-order valence-electron chi connectivity index (χ3n) is 4.98. The van der Waals surface area contributed by atoms with Gasteiger partial charge in [0.15, 0.2) is 0 Å². The molecule has 2 saturated carbocycles. The van der Waals surface area contributed by atoms with E-state index < -0.39 is 0 Å². The number of nitrogens with one attached hydrogen (secondary N) is 1. The predicted molar refractivity (Wildman–Crippen MR) is 70.5 cm³/mol. The molecule has 0 amide bonds. The van der Waals surface area contributed by atoms with Crippen molar-refractivity contribution in [1.29, 1.82) is 0 Å². The molecule has 1 N–H and O–H groups in total. The molecule has 0 heterocycles. The second kappa shape index (κ2) is 6.05. The van der Waals surface area contributed by atoms with Gasteiger partial charge in [-0.05, 0) is 44.1 Å². The van der Waals surface area contributed by atoms with Crippen LogP contribution in [0.4, 0.5) is 0 Å². The van der Waals surface area contributed by atoms with Crippen molar-refractivity contribution in [2.75, 3.05) is 7.05 Å². The van der Waals surface area contributed by atoms with Crippen LogP contribution in [0.25, 0.3) is 0 Å². The van der Waals surface area contributed by atoms with Gasteiger partial charge >= 0.3 is 0 Å². The molecule has 0 spiro atoms. The van der Waals surface area contributed by atoms with Crippen LogP contribution in [-0.2, 0) is 0 Å². The van der Waals surface area contributed by atoms with Gasteiger partial charge in [0.2, 0.25) is 0 Å². The fraction of sp³-hybridized carbons (Fsp3) is 1.00. The molecule has 16 heavy (non-hydrogen) atoms. The van der Waals surface area contributed by atoms with Gasteiger partial charge in [0.25, 0.3) is 0 Å². The summed E-state index contributed by atoms with van der Waals surface area (Å²) in [5.41, 5.74) is 0. The van der Waals surface area contributed by atoms with Crippen molar-refractivity contribution in [2.45, 2.75) is 70.8 Å². The van der Waals surface area contributed by atoms with Crippen LogP contribution in [0, 0.1) is 17.8 Å². The molecule has 94 valence electrons. The van der Waals surface area contributed by atoms with E-state index in [2.05, 4.69) is 19.3 Å². The van der Waals surface area contributed by atoms with Crippen LogP contribution in [0.5, 0.6) is 0 Å². The van der Waals surface area contributed by atoms with Crippen molar-refractivity contribution < 1.29 is 0 Å². The SMILES string of the molecule is CNC(CC1CCCC1)C1CCCC(C)C1. The lowest BCUT2D eigenvalue weighted by molar-refractivity contribution is 0.205. The lowest BCUT2D eigenvalue weighted by Gasteiger charge is -2.34. The molecule has 0 bridgehead atoms. The van der Waals surface area contributed by atoms with Gasteiger partial charge in [-0.25, -0.2) is 0 Å². The molecule has 0 radical (unpaired) electrons. The third kappa shape index (κ3) is 3.23. The Morgan fingerprint density at radius 3 is 2.44 bits per heavy atom. The molecule has 0 aromatic carbocycles. The minimum atomic E-state index is 0.811. The van der Waals surface area contributed by atoms with Gasteiger partial charge in [0.1, 0.15) is 0 Å². The molecular formula is C15H29N. The smallest absolute Gasteiger partial charge is 0.00950 e. The van der Waals surface area contributed by atoms with Crippen molar-refractivity contribution in [3.05, 3.63) is 0 Å². The monoisotopic (exact) mass is 223 g/mol. The lowest BCUT2D eigenvalue weighted by Crippen LogP contribution is -2.37. The van der Waals surface area contributed by atoms with Crippen molar-refractivity contribution >= 4 is 0 Å². The van der Waals surface area contributed by atoms with Crippen LogP contribution in [0.3, 0.4) is 0 Å². The molecule has 2 aliphatic rings. The van der Waals surface area contributed by atoms with Crippen LogP contribution in [0.15, 0.2) is 0 Å². The van der Waals surface area contributed by atoms with Crippen LogP contribution < -0.4 is 5.32 Å². The molecule has 2 rings (SSSR count). The first kappa shape index (κ1) is 12.4. The molecule has 2 fully saturated rings. The second-order valence-corrected chi connectivity index (χ2v) is 6.31. The van der Waals surface area contributed by atoms with Gasteiger partial charge in [-0.3, -0.25) is 0 Å². The zero-order valence-corrected chi connectivity index (χ0v) is 11.2. The minimum Gasteiger partial charge on any atom is -0.317 e. The van der Waals surface area contributed by atoms with Crippen LogP contribution in [0.2, 0.25) is 0 Å². The molecule has 3 unspecified atom stereocenters. The summed E-state index contributed by atoms with van der Waals surface area (Å²) in [5.74, 6) is 2.97. The van der Waals surface area contributed by atoms with E-state index in [4.69, 9.17) is 0 Å². The predicted octanol–water partition coefficient (Wildman–Crippen LogP) is 3.98. The van der Waals surface area contributed by atoms with Crippen molar-refractivity contribution in [3.63, 3.8) is 0 Å². The van der Waals surface area contributed by atoms with E-state index in [0.717, 1.165) is 23.8 Å². The zero-order valence-electron chi connectivity index (χ0n) is 11.2. The van der Waals surface area contributed by atoms with Gasteiger partial charge in [-0.2, -0.15) is 0 Å². The highest BCUT2D eigenvalue weighted by Crippen LogP contribution is 2.35. The molecule has 1 heteroatoms. The Kier molecular flexibility index (Phi) is 4.69. The maximum absolute atomic E-state index is 3.62. The van der Waals surface area contributed by atoms with Crippen LogP contribution in [-0.4, -0.2) is 13.1 Å². The summed E-state index contributed by atoms with van der Waals surface area (Å²) < 4.78 is 0. The molecule has 0 aromatic heterocycles. The van der Waals surface area contributed by atoms with E-state index >= 15 is 0 Å². The summed E-state index contributed by atoms with van der Waals surface area (Å²) in [6, 6.07) is 0.811. The van der Waals surface area contributed by atoms with E-state index in [1.165, 1.54) is 57.8 Å². The Bertz CT molecular complexity index is 196. The molecule has 0 aliphatic heterocycles. The highest BCUT2D eigenvalue weighted by atomic mass is 14.9. The van der Waals surface area contributed by atoms with E-state index in [0.29, 0.717) is 0 Å². The highest BCUT2D eigenvalue weighted by molar-refractivity contribution is 4.83. The van der Waals surface area contributed by atoms with E-state index in [1.54, 1.807) is 0 Å². The summed E-state index contributed by atoms with van der Waals surface area (Å²) in [7, 11) is 2.18. The van der Waals surface area contributed by atoms with Crippen molar-refractivity contribution in [1.82, 2.24) is 5.32 Å². The second-order valence-electron chi connectivity index (χ2n) is 6.31. The Hall–Kier alpha value is -0.0400. The number of hydrogen-bond acceptors (Lipinski definition) is 1. The first-order valence-electron chi connectivity index (χ1n) is 7.47. The number of hydrogen-bond donors (Lipinski definition) is 1. The zero-order chi connectivity index (χ0) is 11.4. The van der Waals surface area contributed by atoms with Crippen LogP contribution >= 0.6 is 0 Å². The largest absolute Gasteiger partial charge is 0.317 e. The molecule has 1 nitrogen and oxygen atoms in total. The standard InChI is InChI=1S/C15H29N/c1-12-6-5-9-14(10-12)15(16-2)11-13-7-3-4-8-13/h12-16H,3-11H2,1-2H3. The van der Waals surface area contributed by atoms with Gasteiger partial charge < -0.3 is 5.32 Å². The highest BCUT2D eigenvalue weighted by Gasteiger charge is 2.28. The maximum atomic E-state index is 3.62. The fourth-order valence-corrected chi connectivity index (χ4v) is 4.00. The van der Waals surface area contributed by atoms with Crippen molar-refractivity contribution in [3.8, 4) is 0 Å². The maximum Gasteiger partial charge on any atom is 0.00950 e. The van der Waals surface area contributed by atoms with E-state index in [-0.39, 0.29) is 0 Å². The van der Waals surface area contributed by atoms with E-state index in [1.807, 2.05) is 0 Å². The summed E-state index contributed by atoms with van der Waals surface area (Å²) in [5, 5.41) is 3.62. The summed E-state index contributed by atoms with van der Waals surface area (Å²) in [6.45, 7) is 2.44. The topological polar surface area (TPSA) is 12.0 Å². The molecular weight excluding hydrogens is 194 g/mol. The van der Waals surface area contributed by atoms with E-state index in [9.17, 15) is 0 Å². The van der Waals surface area contributed by atoms with Gasteiger partial charge in [0.05, 0.1) is 0 Å². The minimum absolute atomic E-state index is 0.811. The average Bonchev–Trinajstić information content (AvgIpc) is 2.78. The van der Waals surface area contributed by atoms with Gasteiger partial charge in [-0.1, -0.05) is 45.4 Å². The third-order valence-corrected chi connectivity index (χ3v) is 4.98. The Morgan fingerprint density at radius 1 is 1.06 bits per heavy atom.